The fourth-order valence-electron chi connectivity index (χ4n) is 3.04. The summed E-state index contributed by atoms with van der Waals surface area (Å²) in [6, 6.07) is 4.04. The van der Waals surface area contributed by atoms with Crippen molar-refractivity contribution in [3.05, 3.63) is 41.0 Å². The topological polar surface area (TPSA) is 69.6 Å². The number of amides is 1. The second-order valence-corrected chi connectivity index (χ2v) is 7.32. The number of aliphatic hydroxyl groups is 1. The van der Waals surface area contributed by atoms with Gasteiger partial charge in [-0.1, -0.05) is 6.07 Å². The van der Waals surface area contributed by atoms with Crippen LogP contribution in [0.25, 0.3) is 0 Å². The van der Waals surface area contributed by atoms with Gasteiger partial charge in [-0.25, -0.2) is 4.98 Å². The Morgan fingerprint density at radius 3 is 3.08 bits per heavy atom. The molecule has 1 N–H and O–H groups in total. The molecule has 0 saturated carbocycles. The Morgan fingerprint density at radius 2 is 2.38 bits per heavy atom. The highest BCUT2D eigenvalue weighted by Gasteiger charge is 2.38. The summed E-state index contributed by atoms with van der Waals surface area (Å²) in [5, 5.41) is 12.8. The second-order valence-electron chi connectivity index (χ2n) is 6.29. The molecular formula is C17H22N4O2S. The summed E-state index contributed by atoms with van der Waals surface area (Å²) in [6.07, 6.45) is 6.82. The molecule has 0 unspecified atom stereocenters. The molecule has 2 aromatic rings. The molecule has 1 saturated heterocycles. The molecule has 0 aromatic carbocycles. The van der Waals surface area contributed by atoms with Crippen molar-refractivity contribution in [2.75, 3.05) is 31.6 Å². The Morgan fingerprint density at radius 1 is 1.50 bits per heavy atom. The van der Waals surface area contributed by atoms with Crippen molar-refractivity contribution in [2.24, 2.45) is 0 Å². The third kappa shape index (κ3) is 4.10. The first-order valence-electron chi connectivity index (χ1n) is 8.05. The third-order valence-corrected chi connectivity index (χ3v) is 5.26. The van der Waals surface area contributed by atoms with Gasteiger partial charge < -0.3 is 14.9 Å². The predicted molar refractivity (Wildman–Crippen MR) is 94.1 cm³/mol. The van der Waals surface area contributed by atoms with Gasteiger partial charge in [0, 0.05) is 43.8 Å². The van der Waals surface area contributed by atoms with E-state index in [9.17, 15) is 9.90 Å². The fraction of sp³-hybridized carbons (Fsp3) is 0.471. The Kier molecular flexibility index (Phi) is 5.11. The number of rotatable bonds is 6. The molecular weight excluding hydrogens is 324 g/mol. The number of nitrogens with zero attached hydrogens (tertiary/aromatic N) is 4. The number of thiophene rings is 1. The van der Waals surface area contributed by atoms with Gasteiger partial charge >= 0.3 is 0 Å². The maximum absolute atomic E-state index is 12.3. The van der Waals surface area contributed by atoms with E-state index in [2.05, 4.69) is 9.97 Å². The van der Waals surface area contributed by atoms with E-state index in [1.165, 1.54) is 4.88 Å². The number of aryl methyl sites for hydroxylation is 1. The largest absolute Gasteiger partial charge is 0.386 e. The van der Waals surface area contributed by atoms with Crippen LogP contribution in [0.15, 0.2) is 36.1 Å². The number of anilines is 1. The van der Waals surface area contributed by atoms with Crippen LogP contribution in [-0.2, 0) is 11.2 Å². The highest BCUT2D eigenvalue weighted by Crippen LogP contribution is 2.26. The highest BCUT2D eigenvalue weighted by molar-refractivity contribution is 7.09. The Balaban J connectivity index is 1.52. The van der Waals surface area contributed by atoms with Crippen molar-refractivity contribution in [1.82, 2.24) is 14.9 Å². The van der Waals surface area contributed by atoms with Crippen molar-refractivity contribution in [1.29, 1.82) is 0 Å². The van der Waals surface area contributed by atoms with Gasteiger partial charge in [-0.15, -0.1) is 11.3 Å². The van der Waals surface area contributed by atoms with E-state index in [4.69, 9.17) is 0 Å². The first-order valence-corrected chi connectivity index (χ1v) is 8.93. The normalized spacial score (nSPS) is 20.3. The maximum Gasteiger partial charge on any atom is 0.222 e. The van der Waals surface area contributed by atoms with Gasteiger partial charge in [-0.3, -0.25) is 9.78 Å². The van der Waals surface area contributed by atoms with Crippen LogP contribution in [0, 0.1) is 0 Å². The summed E-state index contributed by atoms with van der Waals surface area (Å²) in [4.78, 5) is 25.5. The summed E-state index contributed by atoms with van der Waals surface area (Å²) in [5.41, 5.74) is -0.898. The first-order chi connectivity index (χ1) is 11.6. The molecule has 128 valence electrons. The second kappa shape index (κ2) is 7.27. The van der Waals surface area contributed by atoms with E-state index in [-0.39, 0.29) is 5.91 Å². The van der Waals surface area contributed by atoms with E-state index in [1.54, 1.807) is 41.9 Å². The standard InChI is InChI=1S/C17H22N4O2S/c1-20(16(22)5-4-14-3-2-10-24-14)12-17(23)6-9-21(13-17)15-11-18-7-8-19-15/h2-3,7-8,10-11,23H,4-6,9,12-13H2,1H3/t17-/m0/s1. The highest BCUT2D eigenvalue weighted by atomic mass is 32.1. The van der Waals surface area contributed by atoms with Crippen molar-refractivity contribution in [3.8, 4) is 0 Å². The van der Waals surface area contributed by atoms with Crippen molar-refractivity contribution in [3.63, 3.8) is 0 Å². The minimum atomic E-state index is -0.898. The molecule has 1 atom stereocenters. The molecule has 6 nitrogen and oxygen atoms in total. The summed E-state index contributed by atoms with van der Waals surface area (Å²) in [6.45, 7) is 1.52. The van der Waals surface area contributed by atoms with Crippen molar-refractivity contribution >= 4 is 23.1 Å². The quantitative estimate of drug-likeness (QED) is 0.860. The monoisotopic (exact) mass is 346 g/mol. The van der Waals surface area contributed by atoms with Crippen LogP contribution < -0.4 is 4.90 Å². The average molecular weight is 346 g/mol. The zero-order valence-corrected chi connectivity index (χ0v) is 14.6. The van der Waals surface area contributed by atoms with Gasteiger partial charge in [0.15, 0.2) is 0 Å². The van der Waals surface area contributed by atoms with Gasteiger partial charge in [-0.05, 0) is 24.3 Å². The van der Waals surface area contributed by atoms with E-state index < -0.39 is 5.60 Å². The van der Waals surface area contributed by atoms with Crippen LogP contribution in [0.2, 0.25) is 0 Å². The molecule has 3 rings (SSSR count). The Hall–Kier alpha value is -1.99. The van der Waals surface area contributed by atoms with Gasteiger partial charge in [0.2, 0.25) is 5.91 Å². The first kappa shape index (κ1) is 16.9. The maximum atomic E-state index is 12.3. The van der Waals surface area contributed by atoms with Crippen LogP contribution in [0.5, 0.6) is 0 Å². The zero-order valence-electron chi connectivity index (χ0n) is 13.8. The predicted octanol–water partition coefficient (Wildman–Crippen LogP) is 1.57. The average Bonchev–Trinajstić information content (AvgIpc) is 3.23. The van der Waals surface area contributed by atoms with Crippen LogP contribution in [-0.4, -0.2) is 58.2 Å². The summed E-state index contributed by atoms with van der Waals surface area (Å²) < 4.78 is 0. The van der Waals surface area contributed by atoms with Gasteiger partial charge in [0.25, 0.3) is 0 Å². The minimum absolute atomic E-state index is 0.0646. The van der Waals surface area contributed by atoms with E-state index >= 15 is 0 Å². The van der Waals surface area contributed by atoms with Crippen LogP contribution >= 0.6 is 11.3 Å². The molecule has 24 heavy (non-hydrogen) atoms. The number of β-amino-alcohol motifs (C(OH)–C–C–N with tert-alkyl or cyclic N) is 1. The molecule has 1 amide bonds. The lowest BCUT2D eigenvalue weighted by atomic mass is 10.0. The molecule has 0 spiro atoms. The number of carbonyl (C=O) groups is 1. The third-order valence-electron chi connectivity index (χ3n) is 4.33. The van der Waals surface area contributed by atoms with Crippen molar-refractivity contribution in [2.45, 2.75) is 24.9 Å². The molecule has 1 aliphatic rings. The number of hydrogen-bond acceptors (Lipinski definition) is 6. The Labute approximate surface area is 145 Å². The number of aromatic nitrogens is 2. The lowest BCUT2D eigenvalue weighted by Gasteiger charge is -2.29. The molecule has 3 heterocycles. The fourth-order valence-corrected chi connectivity index (χ4v) is 3.75. The van der Waals surface area contributed by atoms with E-state index in [1.807, 2.05) is 22.4 Å². The van der Waals surface area contributed by atoms with Crippen molar-refractivity contribution < 1.29 is 9.90 Å². The van der Waals surface area contributed by atoms with Crippen LogP contribution in [0.3, 0.4) is 0 Å². The lowest BCUT2D eigenvalue weighted by Crippen LogP contribution is -2.46. The molecule has 1 fully saturated rings. The summed E-state index contributed by atoms with van der Waals surface area (Å²) in [5.74, 6) is 0.829. The van der Waals surface area contributed by atoms with Crippen LogP contribution in [0.4, 0.5) is 5.82 Å². The zero-order chi connectivity index (χ0) is 17.0. The molecule has 0 bridgehead atoms. The molecule has 7 heteroatoms. The lowest BCUT2D eigenvalue weighted by molar-refractivity contribution is -0.132. The minimum Gasteiger partial charge on any atom is -0.386 e. The number of likely N-dealkylation sites (N-methyl/N-ethyl adjacent to an activating group) is 1. The summed E-state index contributed by atoms with van der Waals surface area (Å²) >= 11 is 1.67. The molecule has 0 radical (unpaired) electrons. The summed E-state index contributed by atoms with van der Waals surface area (Å²) in [7, 11) is 1.76. The van der Waals surface area contributed by atoms with Gasteiger partial charge in [-0.2, -0.15) is 0 Å². The van der Waals surface area contributed by atoms with Gasteiger partial charge in [0.1, 0.15) is 11.4 Å². The molecule has 0 aliphatic carbocycles. The molecule has 2 aromatic heterocycles. The van der Waals surface area contributed by atoms with Crippen LogP contribution in [0.1, 0.15) is 17.7 Å². The molecule has 1 aliphatic heterocycles. The number of hydrogen-bond donors (Lipinski definition) is 1. The van der Waals surface area contributed by atoms with Gasteiger partial charge in [0.05, 0.1) is 12.7 Å². The SMILES string of the molecule is CN(C[C@@]1(O)CCN(c2cnccn2)C1)C(=O)CCc1cccs1. The Bertz CT molecular complexity index is 664. The smallest absolute Gasteiger partial charge is 0.222 e. The number of carbonyl (C=O) groups excluding carboxylic acids is 1. The van der Waals surface area contributed by atoms with E-state index in [0.717, 1.165) is 12.2 Å². The van der Waals surface area contributed by atoms with E-state index in [0.29, 0.717) is 32.5 Å².